The molecule has 2 bridgehead atoms. The van der Waals surface area contributed by atoms with E-state index in [4.69, 9.17) is 21.6 Å². The number of piperazine rings is 1. The van der Waals surface area contributed by atoms with E-state index in [2.05, 4.69) is 43.2 Å². The van der Waals surface area contributed by atoms with E-state index < -0.39 is 0 Å². The van der Waals surface area contributed by atoms with Gasteiger partial charge in [-0.3, -0.25) is 9.36 Å². The van der Waals surface area contributed by atoms with Gasteiger partial charge in [-0.25, -0.2) is 9.98 Å². The van der Waals surface area contributed by atoms with Crippen molar-refractivity contribution >= 4 is 34.2 Å². The van der Waals surface area contributed by atoms with Crippen molar-refractivity contribution < 1.29 is 0 Å². The first-order valence-corrected chi connectivity index (χ1v) is 15.6. The zero-order valence-electron chi connectivity index (χ0n) is 24.9. The van der Waals surface area contributed by atoms with Gasteiger partial charge in [-0.1, -0.05) is 44.5 Å². The second-order valence-corrected chi connectivity index (χ2v) is 13.7. The van der Waals surface area contributed by atoms with Crippen molar-refractivity contribution in [3.8, 4) is 0 Å². The van der Waals surface area contributed by atoms with Crippen LogP contribution in [0.2, 0.25) is 5.02 Å². The van der Waals surface area contributed by atoms with Crippen molar-refractivity contribution in [1.82, 2.24) is 19.8 Å². The first-order valence-electron chi connectivity index (χ1n) is 15.2. The molecule has 3 aliphatic carbocycles. The van der Waals surface area contributed by atoms with E-state index >= 15 is 0 Å². The fraction of sp³-hybridized carbons (Fsp3) is 0.545. The van der Waals surface area contributed by atoms with Gasteiger partial charge >= 0.3 is 0 Å². The van der Waals surface area contributed by atoms with Crippen LogP contribution < -0.4 is 16.2 Å². The van der Waals surface area contributed by atoms with E-state index in [0.29, 0.717) is 39.3 Å². The third kappa shape index (κ3) is 5.51. The van der Waals surface area contributed by atoms with Crippen LogP contribution in [0.5, 0.6) is 0 Å². The third-order valence-corrected chi connectivity index (χ3v) is 10.5. The molecule has 8 heteroatoms. The quantitative estimate of drug-likeness (QED) is 0.289. The van der Waals surface area contributed by atoms with Gasteiger partial charge in [-0.15, -0.1) is 0 Å². The smallest absolute Gasteiger partial charge is 0.261 e. The highest BCUT2D eigenvalue weighted by Gasteiger charge is 2.56. The van der Waals surface area contributed by atoms with Gasteiger partial charge in [0.05, 0.1) is 23.3 Å². The summed E-state index contributed by atoms with van der Waals surface area (Å²) < 4.78 is 1.73. The lowest BCUT2D eigenvalue weighted by Gasteiger charge is -2.61. The van der Waals surface area contributed by atoms with Crippen molar-refractivity contribution in [3.05, 3.63) is 69.7 Å². The molecule has 0 unspecified atom stereocenters. The van der Waals surface area contributed by atoms with Gasteiger partial charge < -0.3 is 15.5 Å². The molecular formula is C33H43ClN6O. The highest BCUT2D eigenvalue weighted by atomic mass is 35.5. The molecule has 218 valence electrons. The Kier molecular flexibility index (Phi) is 7.62. The Hall–Kier alpha value is -2.90. The second-order valence-electron chi connectivity index (χ2n) is 13.3. The van der Waals surface area contributed by atoms with Crippen molar-refractivity contribution in [1.29, 1.82) is 0 Å². The standard InChI is InChI=1S/C33H43ClN6O/c1-20-18-39(13-12-35-20)32(38-29-16-24-15-28(22(29)3)33(24,4)5)37-26-10-11-27-30(17-26)36-19-40(31(27)41)21(2)14-23-6-8-25(34)9-7-23/h6-11,17,19-22,24,28-29,35H,12-16,18H2,1-5H3,(H,37,38)/t20-,21+,22-,24-,28+,29-/m0/s1. The first kappa shape index (κ1) is 28.2. The zero-order chi connectivity index (χ0) is 28.9. The van der Waals surface area contributed by atoms with Gasteiger partial charge in [-0.05, 0) is 92.2 Å². The SMILES string of the molecule is C[C@@H]1[C@@H](N=C(Nc2ccc3c(=O)n([C@H](C)Cc4ccc(Cl)cc4)cnc3c2)N2CCN[C@@H](C)C2)C[C@@H]2C[C@H]1C2(C)C. The van der Waals surface area contributed by atoms with Crippen LogP contribution in [-0.4, -0.2) is 52.1 Å². The largest absolute Gasteiger partial charge is 0.340 e. The molecule has 0 amide bonds. The van der Waals surface area contributed by atoms with Gasteiger partial charge in [0.2, 0.25) is 0 Å². The maximum atomic E-state index is 13.5. The number of guanidine groups is 1. The van der Waals surface area contributed by atoms with E-state index in [-0.39, 0.29) is 11.6 Å². The van der Waals surface area contributed by atoms with E-state index in [0.717, 1.165) is 61.5 Å². The number of hydrogen-bond donors (Lipinski definition) is 2. The molecule has 0 spiro atoms. The fourth-order valence-corrected chi connectivity index (χ4v) is 7.61. The van der Waals surface area contributed by atoms with Crippen LogP contribution >= 0.6 is 11.6 Å². The number of nitrogens with one attached hydrogen (secondary N) is 2. The van der Waals surface area contributed by atoms with Crippen molar-refractivity contribution in [2.45, 2.75) is 72.0 Å². The lowest BCUT2D eigenvalue weighted by molar-refractivity contribution is -0.108. The monoisotopic (exact) mass is 574 g/mol. The number of benzene rings is 2. The molecule has 3 aromatic rings. The van der Waals surface area contributed by atoms with Crippen molar-refractivity contribution in [3.63, 3.8) is 0 Å². The number of nitrogens with zero attached hydrogens (tertiary/aromatic N) is 4. The topological polar surface area (TPSA) is 74.5 Å². The number of aliphatic imine (C=N–C) groups is 1. The molecule has 6 atom stereocenters. The molecular weight excluding hydrogens is 532 g/mol. The Labute approximate surface area is 248 Å². The van der Waals surface area contributed by atoms with Crippen LogP contribution in [0.15, 0.2) is 58.6 Å². The average Bonchev–Trinajstić information content (AvgIpc) is 2.94. The molecule has 3 saturated carbocycles. The summed E-state index contributed by atoms with van der Waals surface area (Å²) in [5.41, 5.74) is 3.15. The summed E-state index contributed by atoms with van der Waals surface area (Å²) in [6.45, 7) is 14.3. The van der Waals surface area contributed by atoms with Crippen molar-refractivity contribution in [2.75, 3.05) is 25.0 Å². The lowest BCUT2D eigenvalue weighted by atomic mass is 9.45. The number of hydrogen-bond acceptors (Lipinski definition) is 4. The number of anilines is 1. The van der Waals surface area contributed by atoms with E-state index in [1.807, 2.05) is 49.4 Å². The number of aromatic nitrogens is 2. The molecule has 7 rings (SSSR count). The van der Waals surface area contributed by atoms with E-state index in [1.165, 1.54) is 6.42 Å². The molecule has 2 heterocycles. The number of rotatable bonds is 5. The van der Waals surface area contributed by atoms with E-state index in [1.54, 1.807) is 10.9 Å². The fourth-order valence-electron chi connectivity index (χ4n) is 7.48. The molecule has 2 N–H and O–H groups in total. The average molecular weight is 575 g/mol. The molecule has 7 nitrogen and oxygen atoms in total. The van der Waals surface area contributed by atoms with Gasteiger partial charge in [0.15, 0.2) is 5.96 Å². The summed E-state index contributed by atoms with van der Waals surface area (Å²) in [5, 5.41) is 8.55. The summed E-state index contributed by atoms with van der Waals surface area (Å²) in [7, 11) is 0. The molecule has 1 aromatic heterocycles. The minimum absolute atomic E-state index is 0.0225. The lowest BCUT2D eigenvalue weighted by Crippen LogP contribution is -2.57. The van der Waals surface area contributed by atoms with Crippen LogP contribution in [0, 0.1) is 23.2 Å². The van der Waals surface area contributed by atoms with Crippen LogP contribution in [0.25, 0.3) is 10.9 Å². The summed E-state index contributed by atoms with van der Waals surface area (Å²) in [6, 6.07) is 14.4. The van der Waals surface area contributed by atoms with Gasteiger partial charge in [0.1, 0.15) is 0 Å². The van der Waals surface area contributed by atoms with E-state index in [9.17, 15) is 4.79 Å². The molecule has 4 fully saturated rings. The number of halogens is 1. The summed E-state index contributed by atoms with van der Waals surface area (Å²) in [6.07, 6.45) is 4.91. The summed E-state index contributed by atoms with van der Waals surface area (Å²) in [5.74, 6) is 3.01. The van der Waals surface area contributed by atoms with Gasteiger partial charge in [-0.2, -0.15) is 0 Å². The Morgan fingerprint density at radius 1 is 1.20 bits per heavy atom. The van der Waals surface area contributed by atoms with Crippen molar-refractivity contribution in [2.24, 2.45) is 28.2 Å². The molecule has 41 heavy (non-hydrogen) atoms. The Morgan fingerprint density at radius 2 is 1.98 bits per heavy atom. The molecule has 1 saturated heterocycles. The zero-order valence-corrected chi connectivity index (χ0v) is 25.7. The Morgan fingerprint density at radius 3 is 2.68 bits per heavy atom. The summed E-state index contributed by atoms with van der Waals surface area (Å²) >= 11 is 6.04. The first-order chi connectivity index (χ1) is 19.6. The second kappa shape index (κ2) is 11.1. The van der Waals surface area contributed by atoms with Crippen LogP contribution in [0.1, 0.15) is 59.1 Å². The predicted octanol–water partition coefficient (Wildman–Crippen LogP) is 5.99. The minimum atomic E-state index is -0.0273. The minimum Gasteiger partial charge on any atom is -0.340 e. The maximum Gasteiger partial charge on any atom is 0.261 e. The molecule has 4 aliphatic rings. The van der Waals surface area contributed by atoms with Crippen LogP contribution in [-0.2, 0) is 6.42 Å². The summed E-state index contributed by atoms with van der Waals surface area (Å²) in [4.78, 5) is 26.0. The maximum absolute atomic E-state index is 13.5. The molecule has 2 aromatic carbocycles. The van der Waals surface area contributed by atoms with Crippen LogP contribution in [0.3, 0.4) is 0 Å². The third-order valence-electron chi connectivity index (χ3n) is 10.2. The highest BCUT2D eigenvalue weighted by Crippen LogP contribution is 2.61. The normalized spacial score (nSPS) is 28.3. The van der Waals surface area contributed by atoms with Crippen LogP contribution in [0.4, 0.5) is 5.69 Å². The number of fused-ring (bicyclic) bond motifs is 3. The Bertz CT molecular complexity index is 1500. The molecule has 1 aliphatic heterocycles. The Balaban J connectivity index is 1.25. The van der Waals surface area contributed by atoms with Gasteiger partial charge in [0.25, 0.3) is 5.56 Å². The molecule has 0 radical (unpaired) electrons. The predicted molar refractivity (Wildman–Crippen MR) is 169 cm³/mol. The van der Waals surface area contributed by atoms with Gasteiger partial charge in [0, 0.05) is 42.4 Å². The highest BCUT2D eigenvalue weighted by molar-refractivity contribution is 6.30.